The van der Waals surface area contributed by atoms with Gasteiger partial charge in [-0.25, -0.2) is 14.4 Å². The number of aromatic nitrogens is 3. The van der Waals surface area contributed by atoms with Crippen molar-refractivity contribution in [3.05, 3.63) is 53.2 Å². The molecule has 1 amide bonds. The second-order valence-electron chi connectivity index (χ2n) is 10.7. The number of aliphatic hydroxyl groups is 1. The van der Waals surface area contributed by atoms with Crippen molar-refractivity contribution in [2.45, 2.75) is 67.8 Å². The molecule has 2 N–H and O–H groups in total. The Morgan fingerprint density at radius 1 is 1.03 bits per heavy atom. The maximum absolute atomic E-state index is 15.0. The van der Waals surface area contributed by atoms with Crippen molar-refractivity contribution >= 4 is 27.3 Å². The molecule has 1 aromatic carbocycles. The molecule has 38 heavy (non-hydrogen) atoms. The van der Waals surface area contributed by atoms with Crippen molar-refractivity contribution in [1.82, 2.24) is 19.9 Å². The molecule has 6 nitrogen and oxygen atoms in total. The van der Waals surface area contributed by atoms with Crippen molar-refractivity contribution in [2.24, 2.45) is 0 Å². The first-order valence-electron chi connectivity index (χ1n) is 12.4. The van der Waals surface area contributed by atoms with E-state index >= 15 is 0 Å². The Hall–Kier alpha value is -2.80. The molecule has 1 saturated heterocycles. The van der Waals surface area contributed by atoms with Crippen LogP contribution in [0, 0.1) is 5.82 Å². The maximum atomic E-state index is 15.0. The number of benzene rings is 1. The molecule has 1 aliphatic heterocycles. The van der Waals surface area contributed by atoms with Crippen molar-refractivity contribution in [2.75, 3.05) is 13.1 Å². The summed E-state index contributed by atoms with van der Waals surface area (Å²) in [5, 5.41) is 10.2. The lowest BCUT2D eigenvalue weighted by Crippen LogP contribution is -2.38. The quantitative estimate of drug-likeness (QED) is 0.330. The first kappa shape index (κ1) is 26.8. The molecule has 1 aliphatic carbocycles. The zero-order valence-corrected chi connectivity index (χ0v) is 21.4. The van der Waals surface area contributed by atoms with Gasteiger partial charge in [-0.2, -0.15) is 0 Å². The van der Waals surface area contributed by atoms with E-state index in [4.69, 9.17) is 4.98 Å². The molecule has 3 heterocycles. The molecule has 5 rings (SSSR count). The number of hydrogen-bond acceptors (Lipinski definition) is 4. The molecule has 208 valence electrons. The number of imidazole rings is 1. The largest absolute Gasteiger partial charge is 0.390 e. The summed E-state index contributed by atoms with van der Waals surface area (Å²) < 4.78 is 79.9. The van der Waals surface area contributed by atoms with Crippen molar-refractivity contribution < 1.29 is 33.7 Å². The second-order valence-corrected chi connectivity index (χ2v) is 13.1. The Morgan fingerprint density at radius 3 is 2.21 bits per heavy atom. The van der Waals surface area contributed by atoms with Gasteiger partial charge in [0.05, 0.1) is 11.8 Å². The van der Waals surface area contributed by atoms with Gasteiger partial charge in [0.1, 0.15) is 22.1 Å². The van der Waals surface area contributed by atoms with Crippen LogP contribution in [-0.2, 0) is 0 Å². The lowest BCUT2D eigenvalue weighted by molar-refractivity contribution is 0.0165. The predicted molar refractivity (Wildman–Crippen MR) is 131 cm³/mol. The van der Waals surface area contributed by atoms with Crippen molar-refractivity contribution in [3.63, 3.8) is 0 Å². The van der Waals surface area contributed by atoms with E-state index in [1.54, 1.807) is 0 Å². The third-order valence-corrected chi connectivity index (χ3v) is 8.87. The van der Waals surface area contributed by atoms with Gasteiger partial charge in [-0.3, -0.25) is 4.79 Å². The lowest BCUT2D eigenvalue weighted by atomic mass is 9.80. The van der Waals surface area contributed by atoms with Crippen LogP contribution in [0.5, 0.6) is 0 Å². The van der Waals surface area contributed by atoms with Gasteiger partial charge in [-0.05, 0) is 75.6 Å². The average Bonchev–Trinajstić information content (AvgIpc) is 3.26. The highest BCUT2D eigenvalue weighted by Gasteiger charge is 2.65. The molecule has 0 spiro atoms. The van der Waals surface area contributed by atoms with E-state index in [2.05, 4.69) is 9.97 Å². The van der Waals surface area contributed by atoms with Gasteiger partial charge in [-0.15, -0.1) is 0 Å². The van der Waals surface area contributed by atoms with Crippen LogP contribution < -0.4 is 0 Å². The summed E-state index contributed by atoms with van der Waals surface area (Å²) in [5.41, 5.74) is 0.489. The van der Waals surface area contributed by atoms with Gasteiger partial charge < -0.3 is 15.0 Å². The number of carbonyl (C=O) groups is 1. The summed E-state index contributed by atoms with van der Waals surface area (Å²) >= 11 is 0. The zero-order valence-electron chi connectivity index (χ0n) is 20.6. The van der Waals surface area contributed by atoms with Gasteiger partial charge in [-0.1, -0.05) is 19.4 Å². The lowest BCUT2D eigenvalue weighted by Gasteiger charge is -2.40. The molecule has 3 aromatic rings. The Kier molecular flexibility index (Phi) is 5.89. The Morgan fingerprint density at radius 2 is 1.63 bits per heavy atom. The van der Waals surface area contributed by atoms with E-state index in [0.717, 1.165) is 31.2 Å². The number of nitrogens with zero attached hydrogens (tertiary/aromatic N) is 3. The molecular formula is C25H28F6N4O2S. The second kappa shape index (κ2) is 8.35. The van der Waals surface area contributed by atoms with Crippen LogP contribution in [0.4, 0.5) is 23.8 Å². The van der Waals surface area contributed by atoms with Crippen LogP contribution in [0.3, 0.4) is 0 Å². The van der Waals surface area contributed by atoms with Crippen LogP contribution in [0.1, 0.15) is 79.0 Å². The predicted octanol–water partition coefficient (Wildman–Crippen LogP) is 7.18. The number of likely N-dealkylation sites (tertiary alicyclic amines) is 1. The molecule has 0 bridgehead atoms. The van der Waals surface area contributed by atoms with E-state index in [-0.39, 0.29) is 42.6 Å². The summed E-state index contributed by atoms with van der Waals surface area (Å²) in [5.74, 6) is -0.530. The van der Waals surface area contributed by atoms with E-state index in [9.17, 15) is 33.7 Å². The smallest absolute Gasteiger partial charge is 0.310 e. The first-order valence-corrected chi connectivity index (χ1v) is 14.4. The number of pyridine rings is 1. The number of fused-ring (bicyclic) bond motifs is 1. The highest BCUT2D eigenvalue weighted by atomic mass is 32.5. The minimum absolute atomic E-state index is 0.102. The monoisotopic (exact) mass is 562 g/mol. The first-order chi connectivity index (χ1) is 17.5. The average molecular weight is 563 g/mol. The van der Waals surface area contributed by atoms with E-state index in [1.165, 1.54) is 4.90 Å². The Labute approximate surface area is 215 Å². The number of rotatable bonds is 4. The highest BCUT2D eigenvalue weighted by Crippen LogP contribution is 3.02. The summed E-state index contributed by atoms with van der Waals surface area (Å²) in [6.45, 7) is 2.24. The minimum atomic E-state index is -9.82. The fraction of sp³-hybridized carbons (Fsp3) is 0.480. The summed E-state index contributed by atoms with van der Waals surface area (Å²) in [6.07, 6.45) is 4.68. The van der Waals surface area contributed by atoms with E-state index in [0.29, 0.717) is 48.2 Å². The maximum Gasteiger partial charge on any atom is 0.310 e. The summed E-state index contributed by atoms with van der Waals surface area (Å²) in [7, 11) is -9.82. The van der Waals surface area contributed by atoms with Gasteiger partial charge in [0.15, 0.2) is 5.65 Å². The molecule has 13 heteroatoms. The van der Waals surface area contributed by atoms with E-state index in [1.807, 2.05) is 6.92 Å². The standard InChI is InChI=1S/C25H28F6N4O2S/c1-25(37)10-6-16(7-11-25)22-33-21-20(19(26)14-32-23(21)34-22)15-8-12-35(13-9-15)24(36)17-2-4-18(5-3-17)38(27,28,29,30)31/h2-5,14-16,37H,6-13H2,1H3,(H,32,33,34)/t16-,25-. The number of amides is 1. The molecule has 2 fully saturated rings. The van der Waals surface area contributed by atoms with Crippen LogP contribution >= 0.6 is 10.2 Å². The number of aromatic amines is 1. The number of carbonyl (C=O) groups excluding carboxylic acids is 1. The topological polar surface area (TPSA) is 82.1 Å². The van der Waals surface area contributed by atoms with Gasteiger partial charge in [0, 0.05) is 30.1 Å². The van der Waals surface area contributed by atoms with Crippen LogP contribution in [0.25, 0.3) is 11.2 Å². The Bertz CT molecular complexity index is 1370. The number of hydrogen-bond donors (Lipinski definition) is 2. The molecule has 2 aromatic heterocycles. The number of piperidine rings is 1. The molecule has 0 atom stereocenters. The fourth-order valence-electron chi connectivity index (χ4n) is 5.47. The highest BCUT2D eigenvalue weighted by molar-refractivity contribution is 8.45. The van der Waals surface area contributed by atoms with Crippen molar-refractivity contribution in [1.29, 1.82) is 0 Å². The Balaban J connectivity index is 1.30. The zero-order chi connectivity index (χ0) is 27.6. The van der Waals surface area contributed by atoms with Crippen molar-refractivity contribution in [3.8, 4) is 0 Å². The number of H-pyrrole nitrogens is 1. The van der Waals surface area contributed by atoms with Gasteiger partial charge >= 0.3 is 10.2 Å². The summed E-state index contributed by atoms with van der Waals surface area (Å²) in [4.78, 5) is 24.2. The third-order valence-electron chi connectivity index (χ3n) is 7.71. The number of nitrogens with one attached hydrogen (secondary N) is 1. The molecule has 1 saturated carbocycles. The van der Waals surface area contributed by atoms with Crippen LogP contribution in [0.2, 0.25) is 0 Å². The molecule has 0 radical (unpaired) electrons. The minimum Gasteiger partial charge on any atom is -0.390 e. The molecular weight excluding hydrogens is 534 g/mol. The summed E-state index contributed by atoms with van der Waals surface area (Å²) in [6, 6.07) is 1.97. The third kappa shape index (κ3) is 5.35. The SMILES string of the molecule is C[C@]1(O)CC[C@H](c2nc3c(C4CCN(C(=O)c5ccc(S(F)(F)(F)(F)F)cc5)CC4)c(F)cnc3[nH]2)CC1. The van der Waals surface area contributed by atoms with E-state index < -0.39 is 32.4 Å². The molecule has 2 aliphatic rings. The molecule has 0 unspecified atom stereocenters. The van der Waals surface area contributed by atoms with Gasteiger partial charge in [0.2, 0.25) is 0 Å². The van der Waals surface area contributed by atoms with Crippen LogP contribution in [0.15, 0.2) is 35.4 Å². The van der Waals surface area contributed by atoms with Gasteiger partial charge in [0.25, 0.3) is 5.91 Å². The van der Waals surface area contributed by atoms with Crippen LogP contribution in [-0.4, -0.2) is 49.6 Å². The normalized spacial score (nSPS) is 25.3. The fourth-order valence-corrected chi connectivity index (χ4v) is 6.12. The number of halogens is 6.